The number of pyridine rings is 2. The number of nitrogens with zero attached hydrogens (tertiary/aromatic N) is 2. The number of hydrogen-bond donors (Lipinski definition) is 0. The second-order valence-electron chi connectivity index (χ2n) is 13.5. The van der Waals surface area contributed by atoms with Crippen LogP contribution in [0.15, 0.2) is 116 Å². The first kappa shape index (κ1) is 32.5. The predicted octanol–water partition coefficient (Wildman–Crippen LogP) is 10.8. The first-order valence-electron chi connectivity index (χ1n) is 15.4. The predicted molar refractivity (Wildman–Crippen MR) is 185 cm³/mol. The molecule has 0 aliphatic heterocycles. The van der Waals surface area contributed by atoms with Gasteiger partial charge in [0.15, 0.2) is 0 Å². The molecule has 1 aliphatic carbocycles. The fourth-order valence-electron chi connectivity index (χ4n) is 6.56. The van der Waals surface area contributed by atoms with Crippen LogP contribution in [0.3, 0.4) is 0 Å². The normalized spacial score (nSPS) is 15.4. The van der Waals surface area contributed by atoms with Crippen LogP contribution >= 0.6 is 0 Å². The third-order valence-corrected chi connectivity index (χ3v) is 10.5. The molecule has 3 heteroatoms. The summed E-state index contributed by atoms with van der Waals surface area (Å²) in [5.74, 6) is 0. The zero-order chi connectivity index (χ0) is 31.1. The van der Waals surface area contributed by atoms with Gasteiger partial charge < -0.3 is 9.97 Å². The Labute approximate surface area is 282 Å². The Morgan fingerprint density at radius 3 is 1.60 bits per heavy atom. The van der Waals surface area contributed by atoms with Gasteiger partial charge >= 0.3 is 0 Å². The van der Waals surface area contributed by atoms with Crippen LogP contribution in [0, 0.1) is 24.5 Å². The third kappa shape index (κ3) is 5.81. The summed E-state index contributed by atoms with van der Waals surface area (Å²) >= 11 is 0. The molecule has 0 atom stereocenters. The number of fused-ring (bicyclic) bond motifs is 2. The standard InChI is InChI=1S/C24H26N.C18H14N.Ir/c1-22(2)19-12-17-14-21(16-10-8-7-9-11-16)25-15-18(17)13-20(19)23(3,4)24(22,5)6;1-14-12-18(16-10-6-3-7-11-16)19-13-17(14)15-8-4-2-5-9-15;/h7-10,12-15H,1-6H3;2-10,12-13H,1H3;/q2*-1;. The zero-order valence-corrected chi connectivity index (χ0v) is 29.6. The summed E-state index contributed by atoms with van der Waals surface area (Å²) in [6.07, 6.45) is 3.96. The van der Waals surface area contributed by atoms with Gasteiger partial charge in [-0.15, -0.1) is 71.8 Å². The van der Waals surface area contributed by atoms with E-state index in [1.165, 1.54) is 38.6 Å². The monoisotopic (exact) mass is 765 g/mol. The van der Waals surface area contributed by atoms with Gasteiger partial charge in [-0.3, -0.25) is 0 Å². The number of rotatable bonds is 3. The SMILES string of the molecule is CC1(C)c2cc3cnc(-c4[c-]cccc4)cc3cc2C(C)(C)C1(C)C.Cc1cc(-c2[c-]cccc2)ncc1-c1ccccc1.[Ir]. The molecular weight excluding hydrogens is 725 g/mol. The molecule has 2 aromatic heterocycles. The van der Waals surface area contributed by atoms with Gasteiger partial charge in [-0.2, -0.15) is 0 Å². The molecule has 0 bridgehead atoms. The Bertz CT molecular complexity index is 1930. The molecule has 0 spiro atoms. The summed E-state index contributed by atoms with van der Waals surface area (Å²) in [6, 6.07) is 41.9. The number of aromatic nitrogens is 2. The minimum atomic E-state index is 0. The average Bonchev–Trinajstić information content (AvgIpc) is 3.14. The Balaban J connectivity index is 0.000000180. The van der Waals surface area contributed by atoms with Crippen LogP contribution in [-0.4, -0.2) is 9.97 Å². The van der Waals surface area contributed by atoms with E-state index in [9.17, 15) is 0 Å². The van der Waals surface area contributed by atoms with Gasteiger partial charge in [0.05, 0.1) is 0 Å². The maximum atomic E-state index is 4.69. The molecule has 0 unspecified atom stereocenters. The molecule has 1 aliphatic rings. The van der Waals surface area contributed by atoms with Crippen LogP contribution < -0.4 is 0 Å². The maximum absolute atomic E-state index is 4.69. The minimum Gasteiger partial charge on any atom is -0.304 e. The quantitative estimate of drug-likeness (QED) is 0.168. The average molecular weight is 765 g/mol. The van der Waals surface area contributed by atoms with Crippen molar-refractivity contribution >= 4 is 10.8 Å². The van der Waals surface area contributed by atoms with Crippen LogP contribution in [0.4, 0.5) is 0 Å². The van der Waals surface area contributed by atoms with Crippen molar-refractivity contribution in [2.45, 2.75) is 59.3 Å². The molecule has 0 saturated heterocycles. The van der Waals surface area contributed by atoms with E-state index in [4.69, 9.17) is 4.98 Å². The van der Waals surface area contributed by atoms with Crippen molar-refractivity contribution in [3.63, 3.8) is 0 Å². The molecule has 0 fully saturated rings. The second kappa shape index (κ2) is 12.5. The zero-order valence-electron chi connectivity index (χ0n) is 27.2. The van der Waals surface area contributed by atoms with E-state index >= 15 is 0 Å². The summed E-state index contributed by atoms with van der Waals surface area (Å²) in [6.45, 7) is 16.5. The van der Waals surface area contributed by atoms with Crippen molar-refractivity contribution in [2.75, 3.05) is 0 Å². The molecule has 45 heavy (non-hydrogen) atoms. The summed E-state index contributed by atoms with van der Waals surface area (Å²) < 4.78 is 0. The molecule has 0 amide bonds. The van der Waals surface area contributed by atoms with Crippen LogP contribution in [0.2, 0.25) is 0 Å². The number of hydrogen-bond acceptors (Lipinski definition) is 2. The van der Waals surface area contributed by atoms with Crippen LogP contribution in [0.1, 0.15) is 58.2 Å². The summed E-state index contributed by atoms with van der Waals surface area (Å²) in [7, 11) is 0. The molecule has 0 saturated carbocycles. The molecule has 4 aromatic carbocycles. The van der Waals surface area contributed by atoms with Gasteiger partial charge in [-0.05, 0) is 73.6 Å². The van der Waals surface area contributed by atoms with E-state index in [-0.39, 0.29) is 36.4 Å². The van der Waals surface area contributed by atoms with Crippen LogP contribution in [0.25, 0.3) is 44.4 Å². The van der Waals surface area contributed by atoms with Gasteiger partial charge in [0, 0.05) is 38.1 Å². The second-order valence-corrected chi connectivity index (χ2v) is 13.5. The summed E-state index contributed by atoms with van der Waals surface area (Å²) in [5, 5.41) is 2.49. The molecule has 7 rings (SSSR count). The van der Waals surface area contributed by atoms with E-state index < -0.39 is 0 Å². The van der Waals surface area contributed by atoms with Crippen molar-refractivity contribution < 1.29 is 20.1 Å². The van der Waals surface area contributed by atoms with E-state index in [0.29, 0.717) is 0 Å². The molecular formula is C42H40IrN2-2. The number of benzene rings is 4. The van der Waals surface area contributed by atoms with E-state index in [1.807, 2.05) is 73.1 Å². The maximum Gasteiger partial charge on any atom is 0.0242 e. The summed E-state index contributed by atoms with van der Waals surface area (Å²) in [5.41, 5.74) is 11.0. The Morgan fingerprint density at radius 1 is 0.556 bits per heavy atom. The van der Waals surface area contributed by atoms with Gasteiger partial charge in [-0.25, -0.2) is 0 Å². The van der Waals surface area contributed by atoms with Crippen molar-refractivity contribution in [2.24, 2.45) is 5.41 Å². The smallest absolute Gasteiger partial charge is 0.0242 e. The van der Waals surface area contributed by atoms with Crippen LogP contribution in [-0.2, 0) is 30.9 Å². The Kier molecular flexibility index (Phi) is 9.00. The van der Waals surface area contributed by atoms with E-state index in [1.54, 1.807) is 0 Å². The molecule has 2 nitrogen and oxygen atoms in total. The largest absolute Gasteiger partial charge is 0.304 e. The fraction of sp³-hybridized carbons (Fsp3) is 0.238. The van der Waals surface area contributed by atoms with Gasteiger partial charge in [0.25, 0.3) is 0 Å². The molecule has 1 radical (unpaired) electrons. The third-order valence-electron chi connectivity index (χ3n) is 10.5. The first-order chi connectivity index (χ1) is 21.0. The Hall–Kier alpha value is -3.91. The van der Waals surface area contributed by atoms with Crippen molar-refractivity contribution in [3.8, 4) is 33.6 Å². The molecule has 2 heterocycles. The molecule has 229 valence electrons. The van der Waals surface area contributed by atoms with Gasteiger partial charge in [0.1, 0.15) is 0 Å². The molecule has 0 N–H and O–H groups in total. The van der Waals surface area contributed by atoms with Gasteiger partial charge in [0.2, 0.25) is 0 Å². The van der Waals surface area contributed by atoms with E-state index in [2.05, 4.69) is 108 Å². The van der Waals surface area contributed by atoms with Crippen molar-refractivity contribution in [1.82, 2.24) is 9.97 Å². The van der Waals surface area contributed by atoms with Crippen LogP contribution in [0.5, 0.6) is 0 Å². The van der Waals surface area contributed by atoms with E-state index in [0.717, 1.165) is 22.5 Å². The first-order valence-corrected chi connectivity index (χ1v) is 15.4. The van der Waals surface area contributed by atoms with Crippen molar-refractivity contribution in [1.29, 1.82) is 0 Å². The minimum absolute atomic E-state index is 0. The van der Waals surface area contributed by atoms with Crippen molar-refractivity contribution in [3.05, 3.63) is 144 Å². The summed E-state index contributed by atoms with van der Waals surface area (Å²) in [4.78, 5) is 9.25. The number of aryl methyl sites for hydroxylation is 1. The Morgan fingerprint density at radius 2 is 1.07 bits per heavy atom. The van der Waals surface area contributed by atoms with Gasteiger partial charge in [-0.1, -0.05) is 90.1 Å². The fourth-order valence-corrected chi connectivity index (χ4v) is 6.56. The topological polar surface area (TPSA) is 25.8 Å². The molecule has 6 aromatic rings.